The minimum absolute atomic E-state index is 0.116. The Morgan fingerprint density at radius 1 is 1.00 bits per heavy atom. The van der Waals surface area contributed by atoms with E-state index in [2.05, 4.69) is 5.32 Å². The summed E-state index contributed by atoms with van der Waals surface area (Å²) < 4.78 is 32.9. The SMILES string of the molecule is COc1ccc([C@H](CC(=O)Nc2ccc(Cl)c(Cl)c2)N(C)S(=O)(=O)c2ccccc2)cc1. The molecular weight excluding hydrogens is 471 g/mol. The normalized spacial score (nSPS) is 12.4. The first kappa shape index (κ1) is 24.1. The first-order valence-corrected chi connectivity index (χ1v) is 11.8. The Labute approximate surface area is 197 Å². The lowest BCUT2D eigenvalue weighted by molar-refractivity contribution is -0.117. The van der Waals surface area contributed by atoms with Gasteiger partial charge in [-0.25, -0.2) is 8.42 Å². The summed E-state index contributed by atoms with van der Waals surface area (Å²) in [5, 5.41) is 3.43. The minimum Gasteiger partial charge on any atom is -0.497 e. The number of carbonyl (C=O) groups excluding carboxylic acids is 1. The zero-order valence-electron chi connectivity index (χ0n) is 17.5. The van der Waals surface area contributed by atoms with E-state index in [0.29, 0.717) is 27.0 Å². The summed E-state index contributed by atoms with van der Waals surface area (Å²) in [7, 11) is -0.843. The fourth-order valence-corrected chi connectivity index (χ4v) is 4.83. The van der Waals surface area contributed by atoms with Crippen molar-refractivity contribution < 1.29 is 17.9 Å². The minimum atomic E-state index is -3.85. The Morgan fingerprint density at radius 2 is 1.66 bits per heavy atom. The molecule has 0 aliphatic rings. The van der Waals surface area contributed by atoms with Crippen molar-refractivity contribution >= 4 is 44.8 Å². The highest BCUT2D eigenvalue weighted by Crippen LogP contribution is 2.31. The standard InChI is InChI=1S/C23H22Cl2N2O4S/c1-27(32(29,30)19-6-4-3-5-7-19)22(16-8-11-18(31-2)12-9-16)15-23(28)26-17-10-13-20(24)21(25)14-17/h3-14,22H,15H2,1-2H3,(H,26,28)/t22-/m0/s1. The van der Waals surface area contributed by atoms with Crippen LogP contribution in [0.1, 0.15) is 18.0 Å². The van der Waals surface area contributed by atoms with Gasteiger partial charge in [0.1, 0.15) is 5.75 Å². The van der Waals surface area contributed by atoms with Crippen LogP contribution in [0.3, 0.4) is 0 Å². The molecule has 3 rings (SSSR count). The molecule has 0 aliphatic heterocycles. The van der Waals surface area contributed by atoms with Crippen LogP contribution in [0.5, 0.6) is 5.75 Å². The molecule has 0 aromatic heterocycles. The zero-order chi connectivity index (χ0) is 23.3. The second-order valence-corrected chi connectivity index (χ2v) is 9.82. The van der Waals surface area contributed by atoms with Gasteiger partial charge in [0, 0.05) is 19.2 Å². The highest BCUT2D eigenvalue weighted by Gasteiger charge is 2.31. The van der Waals surface area contributed by atoms with Gasteiger partial charge >= 0.3 is 0 Å². The van der Waals surface area contributed by atoms with Crippen LogP contribution >= 0.6 is 23.2 Å². The highest BCUT2D eigenvalue weighted by molar-refractivity contribution is 7.89. The zero-order valence-corrected chi connectivity index (χ0v) is 19.8. The molecule has 9 heteroatoms. The molecule has 3 aromatic carbocycles. The van der Waals surface area contributed by atoms with Crippen LogP contribution in [0, 0.1) is 0 Å². The van der Waals surface area contributed by atoms with Gasteiger partial charge in [-0.1, -0.05) is 53.5 Å². The summed E-state index contributed by atoms with van der Waals surface area (Å²) in [6, 6.07) is 19.0. The second kappa shape index (κ2) is 10.4. The molecule has 0 heterocycles. The van der Waals surface area contributed by atoms with Gasteiger partial charge in [0.15, 0.2) is 0 Å². The Hall–Kier alpha value is -2.58. The van der Waals surface area contributed by atoms with Gasteiger partial charge in [-0.15, -0.1) is 0 Å². The van der Waals surface area contributed by atoms with E-state index in [-0.39, 0.29) is 17.2 Å². The third-order valence-corrected chi connectivity index (χ3v) is 7.56. The van der Waals surface area contributed by atoms with E-state index in [1.54, 1.807) is 61.7 Å². The van der Waals surface area contributed by atoms with Gasteiger partial charge in [-0.2, -0.15) is 4.31 Å². The molecule has 1 atom stereocenters. The topological polar surface area (TPSA) is 75.7 Å². The molecule has 1 N–H and O–H groups in total. The van der Waals surface area contributed by atoms with Gasteiger partial charge in [-0.05, 0) is 48.0 Å². The average molecular weight is 493 g/mol. The van der Waals surface area contributed by atoms with Crippen molar-refractivity contribution in [2.45, 2.75) is 17.4 Å². The maximum absolute atomic E-state index is 13.2. The lowest BCUT2D eigenvalue weighted by Crippen LogP contribution is -2.33. The molecule has 6 nitrogen and oxygen atoms in total. The fraction of sp³-hybridized carbons (Fsp3) is 0.174. The van der Waals surface area contributed by atoms with Crippen LogP contribution in [0.15, 0.2) is 77.7 Å². The Balaban J connectivity index is 1.91. The van der Waals surface area contributed by atoms with E-state index in [4.69, 9.17) is 27.9 Å². The largest absolute Gasteiger partial charge is 0.497 e. The predicted octanol–water partition coefficient (Wildman–Crippen LogP) is 5.39. The van der Waals surface area contributed by atoms with Crippen molar-refractivity contribution in [2.75, 3.05) is 19.5 Å². The summed E-state index contributed by atoms with van der Waals surface area (Å²) in [5.41, 5.74) is 1.11. The van der Waals surface area contributed by atoms with Crippen LogP contribution in [0.2, 0.25) is 10.0 Å². The van der Waals surface area contributed by atoms with Crippen molar-refractivity contribution in [3.63, 3.8) is 0 Å². The van der Waals surface area contributed by atoms with Gasteiger partial charge in [0.2, 0.25) is 15.9 Å². The van der Waals surface area contributed by atoms with E-state index in [1.165, 1.54) is 29.6 Å². The summed E-state index contributed by atoms with van der Waals surface area (Å²) in [5.74, 6) is 0.251. The summed E-state index contributed by atoms with van der Waals surface area (Å²) in [4.78, 5) is 13.0. The van der Waals surface area contributed by atoms with Crippen molar-refractivity contribution in [2.24, 2.45) is 0 Å². The molecule has 0 aliphatic carbocycles. The average Bonchev–Trinajstić information content (AvgIpc) is 2.80. The fourth-order valence-electron chi connectivity index (χ4n) is 3.17. The first-order valence-electron chi connectivity index (χ1n) is 9.64. The lowest BCUT2D eigenvalue weighted by atomic mass is 10.0. The maximum Gasteiger partial charge on any atom is 0.243 e. The molecule has 32 heavy (non-hydrogen) atoms. The van der Waals surface area contributed by atoms with Crippen LogP contribution in [0.25, 0.3) is 0 Å². The third-order valence-electron chi connectivity index (χ3n) is 4.94. The predicted molar refractivity (Wildman–Crippen MR) is 127 cm³/mol. The number of halogens is 2. The molecule has 0 saturated heterocycles. The number of hydrogen-bond donors (Lipinski definition) is 1. The molecule has 1 amide bonds. The van der Waals surface area contributed by atoms with Crippen molar-refractivity contribution in [1.29, 1.82) is 0 Å². The Bertz CT molecular complexity index is 1190. The number of sulfonamides is 1. The first-order chi connectivity index (χ1) is 15.2. The van der Waals surface area contributed by atoms with Gasteiger partial charge in [-0.3, -0.25) is 4.79 Å². The molecule has 0 bridgehead atoms. The smallest absolute Gasteiger partial charge is 0.243 e. The molecule has 0 spiro atoms. The molecule has 0 unspecified atom stereocenters. The summed E-state index contributed by atoms with van der Waals surface area (Å²) in [6.45, 7) is 0. The molecule has 0 saturated carbocycles. The molecule has 0 fully saturated rings. The molecule has 168 valence electrons. The van der Waals surface area contributed by atoms with Crippen molar-refractivity contribution in [1.82, 2.24) is 4.31 Å². The number of nitrogens with one attached hydrogen (secondary N) is 1. The third kappa shape index (κ3) is 5.61. The summed E-state index contributed by atoms with van der Waals surface area (Å²) >= 11 is 12.0. The Kier molecular flexibility index (Phi) is 7.79. The number of hydrogen-bond acceptors (Lipinski definition) is 4. The number of benzene rings is 3. The van der Waals surface area contributed by atoms with Crippen LogP contribution in [0.4, 0.5) is 5.69 Å². The van der Waals surface area contributed by atoms with E-state index >= 15 is 0 Å². The van der Waals surface area contributed by atoms with E-state index < -0.39 is 16.1 Å². The van der Waals surface area contributed by atoms with Crippen LogP contribution in [-0.2, 0) is 14.8 Å². The number of ether oxygens (including phenoxy) is 1. The van der Waals surface area contributed by atoms with Crippen LogP contribution < -0.4 is 10.1 Å². The quantitative estimate of drug-likeness (QED) is 0.457. The van der Waals surface area contributed by atoms with Crippen LogP contribution in [-0.4, -0.2) is 32.8 Å². The molecule has 0 radical (unpaired) electrons. The number of carbonyl (C=O) groups is 1. The number of methoxy groups -OCH3 is 1. The Morgan fingerprint density at radius 3 is 2.25 bits per heavy atom. The monoisotopic (exact) mass is 492 g/mol. The van der Waals surface area contributed by atoms with Crippen molar-refractivity contribution in [3.05, 3.63) is 88.4 Å². The molecular formula is C23H22Cl2N2O4S. The maximum atomic E-state index is 13.2. The van der Waals surface area contributed by atoms with Gasteiger partial charge < -0.3 is 10.1 Å². The number of nitrogens with zero attached hydrogens (tertiary/aromatic N) is 1. The van der Waals surface area contributed by atoms with Gasteiger partial charge in [0.25, 0.3) is 0 Å². The highest BCUT2D eigenvalue weighted by atomic mass is 35.5. The van der Waals surface area contributed by atoms with E-state index in [9.17, 15) is 13.2 Å². The number of amides is 1. The lowest BCUT2D eigenvalue weighted by Gasteiger charge is -2.28. The van der Waals surface area contributed by atoms with E-state index in [1.807, 2.05) is 0 Å². The number of anilines is 1. The van der Waals surface area contributed by atoms with E-state index in [0.717, 1.165) is 0 Å². The van der Waals surface area contributed by atoms with Gasteiger partial charge in [0.05, 0.1) is 28.1 Å². The molecule has 3 aromatic rings. The van der Waals surface area contributed by atoms with Crippen molar-refractivity contribution in [3.8, 4) is 5.75 Å². The number of rotatable bonds is 8. The second-order valence-electron chi connectivity index (χ2n) is 7.00. The summed E-state index contributed by atoms with van der Waals surface area (Å²) in [6.07, 6.45) is -0.116.